The van der Waals surface area contributed by atoms with E-state index in [-0.39, 0.29) is 85.3 Å². The summed E-state index contributed by atoms with van der Waals surface area (Å²) >= 11 is 0. The maximum Gasteiger partial charge on any atom is 3.00 e. The summed E-state index contributed by atoms with van der Waals surface area (Å²) in [7, 11) is 0. The molecule has 0 rings (SSSR count). The first-order chi connectivity index (χ1) is 0. The van der Waals surface area contributed by atoms with Crippen molar-refractivity contribution in [1.29, 1.82) is 0 Å². The predicted molar refractivity (Wildman–Crippen MR) is 17.3 cm³/mol. The summed E-state index contributed by atoms with van der Waals surface area (Å²) in [5.41, 5.74) is 0. The summed E-state index contributed by atoms with van der Waals surface area (Å²) in [4.78, 5) is 0. The third kappa shape index (κ3) is 20.7. The molecule has 0 aliphatic heterocycles. The summed E-state index contributed by atoms with van der Waals surface area (Å²) in [6.07, 6.45) is 0. The monoisotopic (exact) mass is 352 g/mol. The Kier molecular flexibility index (Phi) is 300. The third-order valence-corrected chi connectivity index (χ3v) is 0. The molecule has 0 aliphatic carbocycles. The van der Waals surface area contributed by atoms with Crippen LogP contribution in [0.1, 0.15) is 0 Å². The van der Waals surface area contributed by atoms with Gasteiger partial charge in [-0.15, -0.1) is 0 Å². The minimum absolute atomic E-state index is 0. The molecular weight excluding hydrogens is 349 g/mol. The molecule has 0 heterocycles. The van der Waals surface area contributed by atoms with Crippen molar-refractivity contribution in [3.63, 3.8) is 0 Å². The minimum Gasteiger partial charge on any atom is -2.00 e. The van der Waals surface area contributed by atoms with Gasteiger partial charge >= 0.3 is 34.1 Å². The molecule has 5 heteroatoms. The second-order valence-corrected chi connectivity index (χ2v) is 0. The van der Waals surface area contributed by atoms with Gasteiger partial charge in [0.05, 0.1) is 0 Å². The van der Waals surface area contributed by atoms with Gasteiger partial charge < -0.3 is 51.2 Å². The second-order valence-electron chi connectivity index (χ2n) is 0. The second kappa shape index (κ2) is 30.6. The van der Waals surface area contributed by atoms with Gasteiger partial charge in [-0.25, -0.2) is 0 Å². The normalized spacial score (nSPS) is 0. The van der Waals surface area contributed by atoms with Gasteiger partial charge in [0.25, 0.3) is 0 Å². The average molecular weight is 349 g/mol. The van der Waals surface area contributed by atoms with Crippen molar-refractivity contribution < 1.29 is 34.1 Å². The quantitative estimate of drug-likeness (QED) is 0.485. The first-order valence-electron chi connectivity index (χ1n) is 0. The summed E-state index contributed by atoms with van der Waals surface area (Å²) in [5.74, 6) is 0. The molecule has 0 unspecified atom stereocenters. The first kappa shape index (κ1) is 49.0. The van der Waals surface area contributed by atoms with E-state index in [9.17, 15) is 0 Å². The van der Waals surface area contributed by atoms with Gasteiger partial charge in [-0.1, -0.05) is 0 Å². The van der Waals surface area contributed by atoms with Crippen molar-refractivity contribution in [2.75, 3.05) is 0 Å². The Hall–Kier alpha value is 2.60. The minimum atomic E-state index is 0. The van der Waals surface area contributed by atoms with Crippen molar-refractivity contribution in [2.45, 2.75) is 0 Å². The number of rotatable bonds is 0. The molecule has 0 bridgehead atoms. The molecule has 0 atom stereocenters. The maximum atomic E-state index is 0. The van der Waals surface area contributed by atoms with E-state index in [1.165, 1.54) is 0 Å². The molecule has 0 aliphatic rings. The maximum absolute atomic E-state index is 0. The molecular formula is Fe2Se3. The summed E-state index contributed by atoms with van der Waals surface area (Å²) in [6, 6.07) is 0. The van der Waals surface area contributed by atoms with Gasteiger partial charge in [-0.2, -0.15) is 0 Å². The van der Waals surface area contributed by atoms with Crippen molar-refractivity contribution >= 4 is 51.2 Å². The van der Waals surface area contributed by atoms with Gasteiger partial charge in [-0.05, 0) is 0 Å². The average Bonchev–Trinajstić information content (AvgIpc) is 0. The molecule has 5 heavy (non-hydrogen) atoms. The smallest absolute Gasteiger partial charge is 2.00 e. The Morgan fingerprint density at radius 2 is 0.400 bits per heavy atom. The van der Waals surface area contributed by atoms with E-state index >= 15 is 0 Å². The van der Waals surface area contributed by atoms with Crippen LogP contribution in [0.5, 0.6) is 0 Å². The number of hydrogen-bond acceptors (Lipinski definition) is 0. The SMILES string of the molecule is [Fe+3].[Fe+3].[Se-2].[Se-2].[Se-2]. The van der Waals surface area contributed by atoms with Crippen LogP contribution in [0.3, 0.4) is 0 Å². The fourth-order valence-corrected chi connectivity index (χ4v) is 0. The largest absolute Gasteiger partial charge is 3.00 e. The van der Waals surface area contributed by atoms with Crippen molar-refractivity contribution in [3.05, 3.63) is 0 Å². The summed E-state index contributed by atoms with van der Waals surface area (Å²) < 4.78 is 0. The van der Waals surface area contributed by atoms with E-state index in [0.29, 0.717) is 0 Å². The Balaban J connectivity index is 0. The molecule has 34 valence electrons. The van der Waals surface area contributed by atoms with E-state index in [4.69, 9.17) is 0 Å². The molecule has 0 saturated carbocycles. The molecule has 0 fully saturated rings. The van der Waals surface area contributed by atoms with E-state index in [1.807, 2.05) is 0 Å². The van der Waals surface area contributed by atoms with Crippen LogP contribution >= 0.6 is 0 Å². The Morgan fingerprint density at radius 3 is 0.400 bits per heavy atom. The topological polar surface area (TPSA) is 0 Å². The van der Waals surface area contributed by atoms with Gasteiger partial charge in [0, 0.05) is 0 Å². The van der Waals surface area contributed by atoms with Crippen LogP contribution in [0.15, 0.2) is 0 Å². The van der Waals surface area contributed by atoms with Crippen molar-refractivity contribution in [1.82, 2.24) is 0 Å². The molecule has 0 amide bonds. The van der Waals surface area contributed by atoms with Crippen LogP contribution in [0.25, 0.3) is 0 Å². The van der Waals surface area contributed by atoms with Gasteiger partial charge in [0.15, 0.2) is 0 Å². The Labute approximate surface area is 84.3 Å². The fraction of sp³-hybridized carbons (Fsp3) is 0. The van der Waals surface area contributed by atoms with Crippen LogP contribution in [-0.2, 0) is 34.1 Å². The van der Waals surface area contributed by atoms with E-state index in [1.54, 1.807) is 0 Å². The van der Waals surface area contributed by atoms with Crippen LogP contribution in [0, 0.1) is 0 Å². The Morgan fingerprint density at radius 1 is 0.400 bits per heavy atom. The molecule has 0 aromatic carbocycles. The molecule has 0 spiro atoms. The fourth-order valence-electron chi connectivity index (χ4n) is 0. The van der Waals surface area contributed by atoms with Crippen molar-refractivity contribution in [2.24, 2.45) is 0 Å². The van der Waals surface area contributed by atoms with Gasteiger partial charge in [0.1, 0.15) is 0 Å². The molecule has 0 saturated heterocycles. The standard InChI is InChI=1S/2Fe.3Se/q2*+3;3*-2. The van der Waals surface area contributed by atoms with Crippen molar-refractivity contribution in [3.8, 4) is 0 Å². The molecule has 0 N–H and O–H groups in total. The van der Waals surface area contributed by atoms with E-state index in [2.05, 4.69) is 0 Å². The molecule has 0 nitrogen and oxygen atoms in total. The van der Waals surface area contributed by atoms with Crippen LogP contribution in [-0.4, -0.2) is 51.2 Å². The molecule has 0 aromatic rings. The zero-order chi connectivity index (χ0) is 0. The predicted octanol–water partition coefficient (Wildman–Crippen LogP) is -1.15. The zero-order valence-corrected chi connectivity index (χ0v) is 9.28. The van der Waals surface area contributed by atoms with Crippen LogP contribution in [0.4, 0.5) is 0 Å². The van der Waals surface area contributed by atoms with Gasteiger partial charge in [-0.3, -0.25) is 0 Å². The summed E-state index contributed by atoms with van der Waals surface area (Å²) in [5, 5.41) is 0. The van der Waals surface area contributed by atoms with Gasteiger partial charge in [0.2, 0.25) is 0 Å². The third-order valence-electron chi connectivity index (χ3n) is 0. The summed E-state index contributed by atoms with van der Waals surface area (Å²) in [6.45, 7) is 0. The zero-order valence-electron chi connectivity index (χ0n) is 1.93. The van der Waals surface area contributed by atoms with Crippen LogP contribution < -0.4 is 0 Å². The van der Waals surface area contributed by atoms with E-state index in [0.717, 1.165) is 0 Å². The molecule has 2 radical (unpaired) electrons. The van der Waals surface area contributed by atoms with E-state index < -0.39 is 0 Å². The first-order valence-corrected chi connectivity index (χ1v) is 0. The van der Waals surface area contributed by atoms with Crippen LogP contribution in [0.2, 0.25) is 0 Å². The Bertz CT molecular complexity index is 4.85. The molecule has 0 aromatic heterocycles. The number of hydrogen-bond donors (Lipinski definition) is 0.